The third-order valence-electron chi connectivity index (χ3n) is 5.03. The van der Waals surface area contributed by atoms with E-state index in [0.717, 1.165) is 48.1 Å². The van der Waals surface area contributed by atoms with Gasteiger partial charge in [0.05, 0.1) is 5.54 Å². The molecule has 1 aliphatic carbocycles. The van der Waals surface area contributed by atoms with E-state index in [1.165, 1.54) is 0 Å². The molecule has 25 heavy (non-hydrogen) atoms. The Morgan fingerprint density at radius 3 is 2.76 bits per heavy atom. The van der Waals surface area contributed by atoms with Gasteiger partial charge in [-0.3, -0.25) is 10.6 Å². The third kappa shape index (κ3) is 2.79. The van der Waals surface area contributed by atoms with Gasteiger partial charge in [0.15, 0.2) is 5.58 Å². The zero-order valence-corrected chi connectivity index (χ0v) is 14.5. The highest BCUT2D eigenvalue weighted by Crippen LogP contribution is 2.43. The highest BCUT2D eigenvalue weighted by molar-refractivity contribution is 5.95. The molecule has 0 radical (unpaired) electrons. The lowest BCUT2D eigenvalue weighted by atomic mass is 9.85. The van der Waals surface area contributed by atoms with E-state index in [0.29, 0.717) is 12.0 Å². The summed E-state index contributed by atoms with van der Waals surface area (Å²) in [5.74, 6) is 0.609. The number of rotatable bonds is 3. The molecular weight excluding hydrogens is 318 g/mol. The molecule has 2 aromatic rings. The SMILES string of the molecule is CNC(O)C1=C(C)NC(Nc2nc3ccccc3o2)=NC12CCCC2. The Hall–Kier alpha value is -2.38. The summed E-state index contributed by atoms with van der Waals surface area (Å²) in [7, 11) is 1.75. The van der Waals surface area contributed by atoms with E-state index in [1.54, 1.807) is 7.05 Å². The van der Waals surface area contributed by atoms with Crippen molar-refractivity contribution in [2.24, 2.45) is 4.99 Å². The molecule has 0 bridgehead atoms. The van der Waals surface area contributed by atoms with E-state index in [2.05, 4.69) is 20.9 Å². The number of aliphatic imine (C=N–C) groups is 1. The molecule has 1 unspecified atom stereocenters. The minimum Gasteiger partial charge on any atom is -0.423 e. The van der Waals surface area contributed by atoms with Gasteiger partial charge in [0.25, 0.3) is 0 Å². The molecule has 4 N–H and O–H groups in total. The van der Waals surface area contributed by atoms with Crippen LogP contribution in [0.25, 0.3) is 11.1 Å². The molecule has 1 aliphatic heterocycles. The summed E-state index contributed by atoms with van der Waals surface area (Å²) in [5, 5.41) is 19.8. The maximum atomic E-state index is 10.4. The highest BCUT2D eigenvalue weighted by atomic mass is 16.4. The van der Waals surface area contributed by atoms with Crippen LogP contribution in [-0.2, 0) is 0 Å². The van der Waals surface area contributed by atoms with Gasteiger partial charge in [-0.2, -0.15) is 4.98 Å². The Balaban J connectivity index is 1.66. The largest absolute Gasteiger partial charge is 0.423 e. The number of aliphatic hydroxyl groups excluding tert-OH is 1. The fourth-order valence-electron chi connectivity index (χ4n) is 3.93. The molecule has 0 amide bonds. The molecule has 2 aliphatic rings. The number of allylic oxidation sites excluding steroid dienone is 1. The number of hydrogen-bond donors (Lipinski definition) is 4. The van der Waals surface area contributed by atoms with E-state index >= 15 is 0 Å². The van der Waals surface area contributed by atoms with Crippen molar-refractivity contribution in [3.05, 3.63) is 35.5 Å². The first-order chi connectivity index (χ1) is 12.1. The molecule has 0 saturated heterocycles. The molecular formula is C18H23N5O2. The van der Waals surface area contributed by atoms with E-state index in [-0.39, 0.29) is 5.54 Å². The molecule has 2 heterocycles. The van der Waals surface area contributed by atoms with Crippen molar-refractivity contribution in [3.8, 4) is 0 Å². The van der Waals surface area contributed by atoms with Gasteiger partial charge < -0.3 is 14.8 Å². The van der Waals surface area contributed by atoms with Gasteiger partial charge in [0.2, 0.25) is 5.96 Å². The van der Waals surface area contributed by atoms with Crippen molar-refractivity contribution in [1.29, 1.82) is 0 Å². The number of anilines is 1. The number of aliphatic hydroxyl groups is 1. The quantitative estimate of drug-likeness (QED) is 0.640. The number of likely N-dealkylation sites (N-methyl/N-ethyl adjacent to an activating group) is 1. The Morgan fingerprint density at radius 1 is 1.28 bits per heavy atom. The zero-order chi connectivity index (χ0) is 17.4. The average Bonchev–Trinajstić information content (AvgIpc) is 3.20. The van der Waals surface area contributed by atoms with Crippen LogP contribution < -0.4 is 16.0 Å². The van der Waals surface area contributed by atoms with Crippen LogP contribution in [-0.4, -0.2) is 34.9 Å². The first-order valence-corrected chi connectivity index (χ1v) is 8.67. The normalized spacial score (nSPS) is 20.7. The van der Waals surface area contributed by atoms with E-state index in [9.17, 15) is 5.11 Å². The molecule has 1 aromatic carbocycles. The van der Waals surface area contributed by atoms with Crippen LogP contribution in [0.5, 0.6) is 0 Å². The second kappa shape index (κ2) is 6.16. The van der Waals surface area contributed by atoms with Gasteiger partial charge in [-0.15, -0.1) is 0 Å². The van der Waals surface area contributed by atoms with Crippen LogP contribution in [0.4, 0.5) is 6.01 Å². The van der Waals surface area contributed by atoms with E-state index < -0.39 is 6.23 Å². The van der Waals surface area contributed by atoms with Gasteiger partial charge in [0, 0.05) is 11.3 Å². The Morgan fingerprint density at radius 2 is 2.04 bits per heavy atom. The number of fused-ring (bicyclic) bond motifs is 1. The Bertz CT molecular complexity index is 815. The third-order valence-corrected chi connectivity index (χ3v) is 5.03. The molecule has 1 aromatic heterocycles. The first kappa shape index (κ1) is 16.1. The fraction of sp³-hybridized carbons (Fsp3) is 0.444. The number of aromatic nitrogens is 1. The minimum absolute atomic E-state index is 0.369. The fourth-order valence-corrected chi connectivity index (χ4v) is 3.93. The maximum absolute atomic E-state index is 10.4. The predicted octanol–water partition coefficient (Wildman–Crippen LogP) is 2.32. The number of nitrogens with zero attached hydrogens (tertiary/aromatic N) is 2. The maximum Gasteiger partial charge on any atom is 0.302 e. The summed E-state index contributed by atoms with van der Waals surface area (Å²) in [6.45, 7) is 1.97. The van der Waals surface area contributed by atoms with Gasteiger partial charge in [-0.05, 0) is 38.9 Å². The van der Waals surface area contributed by atoms with Crippen molar-refractivity contribution in [2.45, 2.75) is 44.4 Å². The van der Waals surface area contributed by atoms with Crippen molar-refractivity contribution >= 4 is 23.1 Å². The number of oxazole rings is 1. The summed E-state index contributed by atoms with van der Waals surface area (Å²) < 4.78 is 5.73. The number of para-hydroxylation sites is 2. The van der Waals surface area contributed by atoms with Crippen LogP contribution in [0.1, 0.15) is 32.6 Å². The number of guanidine groups is 1. The number of hydrogen-bond acceptors (Lipinski definition) is 7. The molecule has 7 nitrogen and oxygen atoms in total. The summed E-state index contributed by atoms with van der Waals surface area (Å²) in [5.41, 5.74) is 3.01. The van der Waals surface area contributed by atoms with Gasteiger partial charge in [0.1, 0.15) is 11.7 Å². The molecule has 132 valence electrons. The molecule has 7 heteroatoms. The van der Waals surface area contributed by atoms with Crippen LogP contribution in [0, 0.1) is 0 Å². The lowest BCUT2D eigenvalue weighted by Gasteiger charge is -2.37. The smallest absolute Gasteiger partial charge is 0.302 e. The number of benzene rings is 1. The monoisotopic (exact) mass is 341 g/mol. The molecule has 4 rings (SSSR count). The standard InChI is InChI=1S/C18H23N5O2/c1-11-14(15(24)19-2)18(9-5-6-10-18)23-16(20-11)22-17-21-12-7-3-4-8-13(12)25-17/h3-4,7-8,15,19,24H,5-6,9-10H2,1-2H3,(H2,20,21,22,23). The molecule has 1 saturated carbocycles. The van der Waals surface area contributed by atoms with Gasteiger partial charge in [-0.25, -0.2) is 4.99 Å². The average molecular weight is 341 g/mol. The van der Waals surface area contributed by atoms with E-state index in [4.69, 9.17) is 9.41 Å². The predicted molar refractivity (Wildman–Crippen MR) is 97.2 cm³/mol. The molecule has 1 atom stereocenters. The molecule has 1 spiro atoms. The number of nitrogens with one attached hydrogen (secondary N) is 3. The Kier molecular flexibility index (Phi) is 3.97. The second-order valence-electron chi connectivity index (χ2n) is 6.67. The summed E-state index contributed by atoms with van der Waals surface area (Å²) in [6, 6.07) is 8.04. The summed E-state index contributed by atoms with van der Waals surface area (Å²) in [4.78, 5) is 9.36. The van der Waals surface area contributed by atoms with Crippen LogP contribution in [0.3, 0.4) is 0 Å². The summed E-state index contributed by atoms with van der Waals surface area (Å²) in [6.07, 6.45) is 3.36. The van der Waals surface area contributed by atoms with Crippen molar-refractivity contribution < 1.29 is 9.52 Å². The first-order valence-electron chi connectivity index (χ1n) is 8.67. The minimum atomic E-state index is -0.708. The van der Waals surface area contributed by atoms with Crippen LogP contribution in [0.15, 0.2) is 44.9 Å². The van der Waals surface area contributed by atoms with Crippen molar-refractivity contribution in [2.75, 3.05) is 12.4 Å². The topological polar surface area (TPSA) is 94.7 Å². The van der Waals surface area contributed by atoms with Crippen molar-refractivity contribution in [1.82, 2.24) is 15.6 Å². The lowest BCUT2D eigenvalue weighted by molar-refractivity contribution is 0.161. The van der Waals surface area contributed by atoms with Gasteiger partial charge >= 0.3 is 6.01 Å². The lowest BCUT2D eigenvalue weighted by Crippen LogP contribution is -2.48. The van der Waals surface area contributed by atoms with Gasteiger partial charge in [-0.1, -0.05) is 25.0 Å². The summed E-state index contributed by atoms with van der Waals surface area (Å²) >= 11 is 0. The van der Waals surface area contributed by atoms with Crippen LogP contribution >= 0.6 is 0 Å². The second-order valence-corrected chi connectivity index (χ2v) is 6.67. The van der Waals surface area contributed by atoms with Crippen LogP contribution in [0.2, 0.25) is 0 Å². The zero-order valence-electron chi connectivity index (χ0n) is 14.5. The molecule has 1 fully saturated rings. The van der Waals surface area contributed by atoms with E-state index in [1.807, 2.05) is 31.2 Å². The highest BCUT2D eigenvalue weighted by Gasteiger charge is 2.43. The van der Waals surface area contributed by atoms with Crippen molar-refractivity contribution in [3.63, 3.8) is 0 Å². The Labute approximate surface area is 146 Å².